The zero-order valence-electron chi connectivity index (χ0n) is 15.7. The topological polar surface area (TPSA) is 89.9 Å². The monoisotopic (exact) mass is 376 g/mol. The maximum atomic E-state index is 13.3. The van der Waals surface area contributed by atoms with Crippen LogP contribution in [0.25, 0.3) is 11.4 Å². The quantitative estimate of drug-likeness (QED) is 0.739. The third-order valence-corrected chi connectivity index (χ3v) is 5.18. The van der Waals surface area contributed by atoms with Gasteiger partial charge in [0.05, 0.1) is 0 Å². The molecule has 3 aromatic rings. The SMILES string of the molecule is Nc1ccnc(-c2cccc(C(=O)N3CCCCC3CCn3cccn3)c2)n1. The Balaban J connectivity index is 1.52. The van der Waals surface area contributed by atoms with E-state index in [0.717, 1.165) is 44.3 Å². The van der Waals surface area contributed by atoms with E-state index in [1.807, 2.05) is 46.1 Å². The van der Waals surface area contributed by atoms with E-state index in [1.165, 1.54) is 0 Å². The molecule has 1 aliphatic rings. The summed E-state index contributed by atoms with van der Waals surface area (Å²) in [6.45, 7) is 1.61. The summed E-state index contributed by atoms with van der Waals surface area (Å²) in [5.41, 5.74) is 7.23. The molecular formula is C21H24N6O. The molecule has 0 aliphatic carbocycles. The van der Waals surface area contributed by atoms with Crippen LogP contribution in [0.2, 0.25) is 0 Å². The molecule has 2 aromatic heterocycles. The minimum atomic E-state index is 0.0657. The van der Waals surface area contributed by atoms with E-state index in [4.69, 9.17) is 5.73 Å². The lowest BCUT2D eigenvalue weighted by molar-refractivity contribution is 0.0594. The van der Waals surface area contributed by atoms with Crippen molar-refractivity contribution in [3.05, 3.63) is 60.6 Å². The smallest absolute Gasteiger partial charge is 0.254 e. The Kier molecular flexibility index (Phi) is 5.32. The molecule has 0 saturated carbocycles. The molecule has 1 saturated heterocycles. The highest BCUT2D eigenvalue weighted by atomic mass is 16.2. The van der Waals surface area contributed by atoms with Gasteiger partial charge in [-0.3, -0.25) is 9.48 Å². The third kappa shape index (κ3) is 4.03. The van der Waals surface area contributed by atoms with Crippen LogP contribution in [0.15, 0.2) is 55.0 Å². The number of piperidine rings is 1. The number of nitrogens with zero attached hydrogens (tertiary/aromatic N) is 5. The molecule has 1 aromatic carbocycles. The fourth-order valence-corrected chi connectivity index (χ4v) is 3.75. The summed E-state index contributed by atoms with van der Waals surface area (Å²) in [7, 11) is 0. The van der Waals surface area contributed by atoms with E-state index in [9.17, 15) is 4.79 Å². The van der Waals surface area contributed by atoms with Gasteiger partial charge in [-0.2, -0.15) is 5.10 Å². The highest BCUT2D eigenvalue weighted by Crippen LogP contribution is 2.24. The predicted molar refractivity (Wildman–Crippen MR) is 107 cm³/mol. The van der Waals surface area contributed by atoms with Gasteiger partial charge in [-0.25, -0.2) is 9.97 Å². The van der Waals surface area contributed by atoms with Crippen LogP contribution in [-0.2, 0) is 6.54 Å². The maximum Gasteiger partial charge on any atom is 0.254 e. The Morgan fingerprint density at radius 2 is 2.11 bits per heavy atom. The molecule has 0 spiro atoms. The Hall–Kier alpha value is -3.22. The van der Waals surface area contributed by atoms with E-state index >= 15 is 0 Å². The Morgan fingerprint density at radius 1 is 1.18 bits per heavy atom. The van der Waals surface area contributed by atoms with Gasteiger partial charge in [-0.05, 0) is 49.9 Å². The minimum Gasteiger partial charge on any atom is -0.384 e. The summed E-state index contributed by atoms with van der Waals surface area (Å²) >= 11 is 0. The van der Waals surface area contributed by atoms with Crippen LogP contribution >= 0.6 is 0 Å². The number of hydrogen-bond acceptors (Lipinski definition) is 5. The normalized spacial score (nSPS) is 16.9. The molecule has 7 nitrogen and oxygen atoms in total. The van der Waals surface area contributed by atoms with E-state index in [1.54, 1.807) is 18.5 Å². The number of benzene rings is 1. The number of carbonyl (C=O) groups excluding carboxylic acids is 1. The van der Waals surface area contributed by atoms with Crippen LogP contribution in [0.4, 0.5) is 5.82 Å². The van der Waals surface area contributed by atoms with Gasteiger partial charge in [-0.1, -0.05) is 12.1 Å². The molecule has 7 heteroatoms. The first-order chi connectivity index (χ1) is 13.7. The van der Waals surface area contributed by atoms with Crippen molar-refractivity contribution in [1.29, 1.82) is 0 Å². The van der Waals surface area contributed by atoms with Crippen molar-refractivity contribution in [2.75, 3.05) is 12.3 Å². The van der Waals surface area contributed by atoms with Crippen molar-refractivity contribution >= 4 is 11.7 Å². The highest BCUT2D eigenvalue weighted by molar-refractivity contribution is 5.95. The summed E-state index contributed by atoms with van der Waals surface area (Å²) in [5, 5.41) is 4.27. The van der Waals surface area contributed by atoms with Gasteiger partial charge in [0.25, 0.3) is 5.91 Å². The lowest BCUT2D eigenvalue weighted by Crippen LogP contribution is -2.44. The second-order valence-electron chi connectivity index (χ2n) is 7.09. The zero-order valence-corrected chi connectivity index (χ0v) is 15.7. The lowest BCUT2D eigenvalue weighted by atomic mass is 9.97. The summed E-state index contributed by atoms with van der Waals surface area (Å²) in [5.74, 6) is 1.01. The van der Waals surface area contributed by atoms with E-state index in [2.05, 4.69) is 15.1 Å². The molecule has 0 bridgehead atoms. The number of aryl methyl sites for hydroxylation is 1. The minimum absolute atomic E-state index is 0.0657. The maximum absolute atomic E-state index is 13.3. The molecular weight excluding hydrogens is 352 g/mol. The Bertz CT molecular complexity index is 940. The Morgan fingerprint density at radius 3 is 2.93 bits per heavy atom. The van der Waals surface area contributed by atoms with Crippen molar-refractivity contribution in [2.45, 2.75) is 38.3 Å². The predicted octanol–water partition coefficient (Wildman–Crippen LogP) is 3.01. The first kappa shape index (κ1) is 18.2. The van der Waals surface area contributed by atoms with Gasteiger partial charge in [0.1, 0.15) is 5.82 Å². The van der Waals surface area contributed by atoms with Crippen LogP contribution in [-0.4, -0.2) is 43.1 Å². The van der Waals surface area contributed by atoms with Crippen LogP contribution in [0.5, 0.6) is 0 Å². The number of hydrogen-bond donors (Lipinski definition) is 1. The fraction of sp³-hybridized carbons (Fsp3) is 0.333. The molecule has 4 rings (SSSR count). The lowest BCUT2D eigenvalue weighted by Gasteiger charge is -2.36. The van der Waals surface area contributed by atoms with Gasteiger partial charge in [0.2, 0.25) is 0 Å². The molecule has 1 amide bonds. The first-order valence-electron chi connectivity index (χ1n) is 9.68. The highest BCUT2D eigenvalue weighted by Gasteiger charge is 2.27. The van der Waals surface area contributed by atoms with Crippen LogP contribution in [0.1, 0.15) is 36.0 Å². The largest absolute Gasteiger partial charge is 0.384 e. The summed E-state index contributed by atoms with van der Waals surface area (Å²) in [4.78, 5) is 23.8. The molecule has 0 radical (unpaired) electrons. The summed E-state index contributed by atoms with van der Waals surface area (Å²) in [6, 6.07) is 11.3. The Labute approximate surface area is 164 Å². The number of anilines is 1. The van der Waals surface area contributed by atoms with Crippen LogP contribution < -0.4 is 5.73 Å². The van der Waals surface area contributed by atoms with E-state index in [0.29, 0.717) is 17.2 Å². The second kappa shape index (κ2) is 8.21. The number of carbonyl (C=O) groups is 1. The molecule has 1 aliphatic heterocycles. The van der Waals surface area contributed by atoms with Crippen molar-refractivity contribution in [2.24, 2.45) is 0 Å². The van der Waals surface area contributed by atoms with E-state index < -0.39 is 0 Å². The molecule has 3 heterocycles. The summed E-state index contributed by atoms with van der Waals surface area (Å²) < 4.78 is 1.93. The zero-order chi connectivity index (χ0) is 19.3. The van der Waals surface area contributed by atoms with Crippen molar-refractivity contribution in [1.82, 2.24) is 24.6 Å². The van der Waals surface area contributed by atoms with Crippen molar-refractivity contribution in [3.63, 3.8) is 0 Å². The second-order valence-corrected chi connectivity index (χ2v) is 7.09. The molecule has 1 fully saturated rings. The van der Waals surface area contributed by atoms with Crippen molar-refractivity contribution < 1.29 is 4.79 Å². The van der Waals surface area contributed by atoms with Crippen LogP contribution in [0.3, 0.4) is 0 Å². The molecule has 28 heavy (non-hydrogen) atoms. The molecule has 1 atom stereocenters. The average Bonchev–Trinajstić information content (AvgIpc) is 3.26. The van der Waals surface area contributed by atoms with Gasteiger partial charge >= 0.3 is 0 Å². The standard InChI is InChI=1S/C21H24N6O/c22-19-8-11-23-20(25-19)16-5-3-6-17(15-16)21(28)27-13-2-1-7-18(27)9-14-26-12-4-10-24-26/h3-6,8,10-12,15,18H,1-2,7,9,13-14H2,(H2,22,23,25). The molecule has 1 unspecified atom stereocenters. The van der Waals surface area contributed by atoms with Gasteiger partial charge in [0, 0.05) is 48.8 Å². The number of aromatic nitrogens is 4. The number of likely N-dealkylation sites (tertiary alicyclic amines) is 1. The summed E-state index contributed by atoms with van der Waals surface area (Å²) in [6.07, 6.45) is 9.52. The van der Waals surface area contributed by atoms with Gasteiger partial charge in [0.15, 0.2) is 5.82 Å². The number of nitrogen functional groups attached to an aromatic ring is 1. The first-order valence-corrected chi connectivity index (χ1v) is 9.68. The van der Waals surface area contributed by atoms with E-state index in [-0.39, 0.29) is 11.9 Å². The number of amides is 1. The van der Waals surface area contributed by atoms with Gasteiger partial charge in [-0.15, -0.1) is 0 Å². The average molecular weight is 376 g/mol. The molecule has 144 valence electrons. The van der Waals surface area contributed by atoms with Crippen molar-refractivity contribution in [3.8, 4) is 11.4 Å². The fourth-order valence-electron chi connectivity index (χ4n) is 3.75. The number of rotatable bonds is 5. The molecule has 2 N–H and O–H groups in total. The third-order valence-electron chi connectivity index (χ3n) is 5.18. The van der Waals surface area contributed by atoms with Crippen LogP contribution in [0, 0.1) is 0 Å². The number of nitrogens with two attached hydrogens (primary N) is 1. The van der Waals surface area contributed by atoms with Gasteiger partial charge < -0.3 is 10.6 Å².